The van der Waals surface area contributed by atoms with Crippen molar-refractivity contribution in [2.24, 2.45) is 5.92 Å². The summed E-state index contributed by atoms with van der Waals surface area (Å²) in [6.07, 6.45) is 7.59. The van der Waals surface area contributed by atoms with Crippen molar-refractivity contribution < 1.29 is 19.4 Å². The van der Waals surface area contributed by atoms with Crippen LogP contribution in [-0.2, 0) is 21.4 Å². The zero-order chi connectivity index (χ0) is 28.8. The van der Waals surface area contributed by atoms with Crippen molar-refractivity contribution in [2.75, 3.05) is 26.7 Å². The molecular weight excluding hydrogens is 500 g/mol. The van der Waals surface area contributed by atoms with Crippen molar-refractivity contribution in [1.29, 1.82) is 0 Å². The summed E-state index contributed by atoms with van der Waals surface area (Å²) in [4.78, 5) is 29.7. The SMILES string of the molecule is CC(=O)Oc1cccc(C23CCN(C)CC2(O)CCC(N(CC(C)C)C(=O)CCCCCc2ccccc2)C3)c1. The minimum atomic E-state index is -0.907. The Morgan fingerprint density at radius 1 is 1.07 bits per heavy atom. The number of likely N-dealkylation sites (tertiary alicyclic amines) is 1. The second-order valence-electron chi connectivity index (χ2n) is 12.6. The molecule has 1 aliphatic heterocycles. The molecule has 1 N–H and O–H groups in total. The Balaban J connectivity index is 1.51. The van der Waals surface area contributed by atoms with E-state index in [-0.39, 0.29) is 17.9 Å². The van der Waals surface area contributed by atoms with Crippen LogP contribution in [0.5, 0.6) is 5.75 Å². The molecule has 0 bridgehead atoms. The first-order valence-electron chi connectivity index (χ1n) is 15.2. The van der Waals surface area contributed by atoms with E-state index in [2.05, 4.69) is 61.0 Å². The number of benzene rings is 2. The van der Waals surface area contributed by atoms with Crippen LogP contribution in [0.25, 0.3) is 0 Å². The summed E-state index contributed by atoms with van der Waals surface area (Å²) in [6, 6.07) is 18.3. The number of hydrogen-bond donors (Lipinski definition) is 1. The zero-order valence-corrected chi connectivity index (χ0v) is 24.9. The number of aryl methyl sites for hydroxylation is 1. The van der Waals surface area contributed by atoms with Gasteiger partial charge in [-0.05, 0) is 87.7 Å². The number of unbranched alkanes of at least 4 members (excludes halogenated alkanes) is 2. The number of likely N-dealkylation sites (N-methyl/N-ethyl adjacent to an activating group) is 1. The molecule has 1 aliphatic carbocycles. The van der Waals surface area contributed by atoms with Crippen LogP contribution < -0.4 is 4.74 Å². The van der Waals surface area contributed by atoms with Gasteiger partial charge in [0.15, 0.2) is 0 Å². The summed E-state index contributed by atoms with van der Waals surface area (Å²) >= 11 is 0. The van der Waals surface area contributed by atoms with Crippen molar-refractivity contribution in [2.45, 2.75) is 95.6 Å². The van der Waals surface area contributed by atoms with E-state index in [4.69, 9.17) is 4.74 Å². The highest BCUT2D eigenvalue weighted by Crippen LogP contribution is 2.53. The van der Waals surface area contributed by atoms with Crippen LogP contribution in [0.4, 0.5) is 0 Å². The number of β-amino-alcohol motifs (C(OH)–C–C–N with tert-alkyl or cyclic N) is 1. The lowest BCUT2D eigenvalue weighted by Gasteiger charge is -2.59. The molecule has 1 saturated carbocycles. The molecule has 2 aromatic carbocycles. The van der Waals surface area contributed by atoms with Gasteiger partial charge in [-0.3, -0.25) is 9.59 Å². The largest absolute Gasteiger partial charge is 0.427 e. The number of ether oxygens (including phenoxy) is 1. The average molecular weight is 549 g/mol. The smallest absolute Gasteiger partial charge is 0.308 e. The average Bonchev–Trinajstić information content (AvgIpc) is 2.91. The van der Waals surface area contributed by atoms with Crippen LogP contribution in [0.1, 0.15) is 83.3 Å². The maximum atomic E-state index is 13.7. The number of amides is 1. The topological polar surface area (TPSA) is 70.1 Å². The molecular formula is C34H48N2O4. The summed E-state index contributed by atoms with van der Waals surface area (Å²) in [7, 11) is 2.07. The monoisotopic (exact) mass is 548 g/mol. The van der Waals surface area contributed by atoms with E-state index in [9.17, 15) is 14.7 Å². The van der Waals surface area contributed by atoms with Crippen LogP contribution in [0, 0.1) is 5.92 Å². The third-order valence-electron chi connectivity index (χ3n) is 8.99. The van der Waals surface area contributed by atoms with E-state index >= 15 is 0 Å². The Morgan fingerprint density at radius 2 is 1.85 bits per heavy atom. The normalized spacial score (nSPS) is 24.9. The molecule has 2 aromatic rings. The molecule has 6 nitrogen and oxygen atoms in total. The summed E-state index contributed by atoms with van der Waals surface area (Å²) in [5.41, 5.74) is 0.939. The Hall–Kier alpha value is -2.70. The maximum absolute atomic E-state index is 13.7. The Morgan fingerprint density at radius 3 is 2.58 bits per heavy atom. The maximum Gasteiger partial charge on any atom is 0.308 e. The van der Waals surface area contributed by atoms with E-state index in [0.29, 0.717) is 37.5 Å². The summed E-state index contributed by atoms with van der Waals surface area (Å²) in [5, 5.41) is 12.2. The molecule has 3 atom stereocenters. The quantitative estimate of drug-likeness (QED) is 0.220. The van der Waals surface area contributed by atoms with Crippen LogP contribution in [-0.4, -0.2) is 65.1 Å². The Bertz CT molecular complexity index is 1140. The molecule has 4 rings (SSSR count). The molecule has 6 heteroatoms. The van der Waals surface area contributed by atoms with Gasteiger partial charge in [-0.15, -0.1) is 0 Å². The lowest BCUT2D eigenvalue weighted by atomic mass is 9.55. The van der Waals surface area contributed by atoms with Gasteiger partial charge in [0.05, 0.1) is 5.60 Å². The number of rotatable bonds is 11. The van der Waals surface area contributed by atoms with Gasteiger partial charge in [-0.25, -0.2) is 0 Å². The first-order valence-corrected chi connectivity index (χ1v) is 15.2. The van der Waals surface area contributed by atoms with Crippen LogP contribution in [0.15, 0.2) is 54.6 Å². The van der Waals surface area contributed by atoms with Gasteiger partial charge in [0, 0.05) is 37.9 Å². The third kappa shape index (κ3) is 7.13. The lowest BCUT2D eigenvalue weighted by Crippen LogP contribution is -2.67. The minimum Gasteiger partial charge on any atom is -0.427 e. The van der Waals surface area contributed by atoms with Crippen molar-refractivity contribution in [1.82, 2.24) is 9.80 Å². The molecule has 1 heterocycles. The fourth-order valence-electron chi connectivity index (χ4n) is 7.05. The number of carbonyl (C=O) groups excluding carboxylic acids is 2. The number of esters is 1. The number of carbonyl (C=O) groups is 2. The molecule has 1 amide bonds. The fraction of sp³-hybridized carbons (Fsp3) is 0.588. The van der Waals surface area contributed by atoms with Gasteiger partial charge in [-0.1, -0.05) is 62.7 Å². The molecule has 40 heavy (non-hydrogen) atoms. The molecule has 3 unspecified atom stereocenters. The standard InChI is InChI=1S/C34H48N2O4/c1-26(2)24-36(32(38)17-10-6-9-14-28-12-7-5-8-13-28)30-18-19-34(39)25-35(4)21-20-33(34,23-30)29-15-11-16-31(22-29)40-27(3)37/h5,7-8,11-13,15-16,22,26,30,39H,6,9-10,14,17-21,23-25H2,1-4H3. The Kier molecular flexibility index (Phi) is 10.1. The van der Waals surface area contributed by atoms with Gasteiger partial charge < -0.3 is 19.6 Å². The van der Waals surface area contributed by atoms with Crippen molar-refractivity contribution in [3.8, 4) is 5.75 Å². The van der Waals surface area contributed by atoms with Crippen molar-refractivity contribution >= 4 is 11.9 Å². The first kappa shape index (κ1) is 30.3. The van der Waals surface area contributed by atoms with Gasteiger partial charge in [-0.2, -0.15) is 0 Å². The van der Waals surface area contributed by atoms with E-state index in [1.165, 1.54) is 12.5 Å². The van der Waals surface area contributed by atoms with Crippen molar-refractivity contribution in [3.63, 3.8) is 0 Å². The van der Waals surface area contributed by atoms with E-state index in [1.807, 2.05) is 18.2 Å². The van der Waals surface area contributed by atoms with Gasteiger partial charge in [0.2, 0.25) is 5.91 Å². The predicted molar refractivity (Wildman–Crippen MR) is 159 cm³/mol. The molecule has 0 aromatic heterocycles. The summed E-state index contributed by atoms with van der Waals surface area (Å²) in [6.45, 7) is 7.95. The number of hydrogen-bond acceptors (Lipinski definition) is 5. The predicted octanol–water partition coefficient (Wildman–Crippen LogP) is 5.76. The number of fused-ring (bicyclic) bond motifs is 1. The molecule has 2 fully saturated rings. The molecule has 218 valence electrons. The molecule has 2 aliphatic rings. The zero-order valence-electron chi connectivity index (χ0n) is 24.9. The van der Waals surface area contributed by atoms with Crippen LogP contribution in [0.3, 0.4) is 0 Å². The van der Waals surface area contributed by atoms with Crippen LogP contribution in [0.2, 0.25) is 0 Å². The number of aliphatic hydroxyl groups is 1. The third-order valence-corrected chi connectivity index (χ3v) is 8.99. The number of piperidine rings is 1. The van der Waals surface area contributed by atoms with Crippen LogP contribution >= 0.6 is 0 Å². The van der Waals surface area contributed by atoms with E-state index in [1.54, 1.807) is 6.07 Å². The van der Waals surface area contributed by atoms with Gasteiger partial charge in [0.25, 0.3) is 0 Å². The highest BCUT2D eigenvalue weighted by molar-refractivity contribution is 5.76. The minimum absolute atomic E-state index is 0.0697. The molecule has 1 saturated heterocycles. The van der Waals surface area contributed by atoms with Crippen molar-refractivity contribution in [3.05, 3.63) is 65.7 Å². The Labute approximate surface area is 240 Å². The summed E-state index contributed by atoms with van der Waals surface area (Å²) in [5.74, 6) is 0.754. The molecule has 0 spiro atoms. The fourth-order valence-corrected chi connectivity index (χ4v) is 7.05. The van der Waals surface area contributed by atoms with Gasteiger partial charge in [0.1, 0.15) is 5.75 Å². The van der Waals surface area contributed by atoms with E-state index < -0.39 is 11.0 Å². The lowest BCUT2D eigenvalue weighted by molar-refractivity contribution is -0.149. The highest BCUT2D eigenvalue weighted by Gasteiger charge is 2.58. The van der Waals surface area contributed by atoms with Gasteiger partial charge >= 0.3 is 5.97 Å². The second-order valence-corrected chi connectivity index (χ2v) is 12.6. The first-order chi connectivity index (χ1) is 19.1. The highest BCUT2D eigenvalue weighted by atomic mass is 16.5. The molecule has 0 radical (unpaired) electrons. The number of nitrogens with zero attached hydrogens (tertiary/aromatic N) is 2. The summed E-state index contributed by atoms with van der Waals surface area (Å²) < 4.78 is 5.44. The van der Waals surface area contributed by atoms with E-state index in [0.717, 1.165) is 57.2 Å². The second kappa shape index (κ2) is 13.3.